The molecular formula is C19H23N5O2. The van der Waals surface area contributed by atoms with Crippen molar-refractivity contribution >= 4 is 23.3 Å². The number of rotatable bonds is 5. The van der Waals surface area contributed by atoms with Crippen molar-refractivity contribution in [1.82, 2.24) is 14.9 Å². The third-order valence-corrected chi connectivity index (χ3v) is 4.61. The molecule has 26 heavy (non-hydrogen) atoms. The first-order valence-corrected chi connectivity index (χ1v) is 8.72. The minimum atomic E-state index is -0.255. The lowest BCUT2D eigenvalue weighted by molar-refractivity contribution is -0.120. The maximum atomic E-state index is 12.6. The van der Waals surface area contributed by atoms with Gasteiger partial charge in [0.15, 0.2) is 5.78 Å². The molecule has 1 saturated heterocycles. The number of piperazine rings is 1. The summed E-state index contributed by atoms with van der Waals surface area (Å²) in [6.45, 7) is 6.50. The Labute approximate surface area is 153 Å². The van der Waals surface area contributed by atoms with Crippen LogP contribution in [0.2, 0.25) is 0 Å². The summed E-state index contributed by atoms with van der Waals surface area (Å²) < 4.78 is 0. The lowest BCUT2D eigenvalue weighted by Gasteiger charge is -2.37. The van der Waals surface area contributed by atoms with E-state index in [1.165, 1.54) is 6.92 Å². The van der Waals surface area contributed by atoms with E-state index in [0.29, 0.717) is 11.3 Å². The minimum Gasteiger partial charge on any atom is -0.338 e. The van der Waals surface area contributed by atoms with Gasteiger partial charge in [-0.3, -0.25) is 14.5 Å². The van der Waals surface area contributed by atoms with Gasteiger partial charge in [0, 0.05) is 49.8 Å². The summed E-state index contributed by atoms with van der Waals surface area (Å²) >= 11 is 0. The molecule has 0 unspecified atom stereocenters. The van der Waals surface area contributed by atoms with Crippen LogP contribution in [0, 0.1) is 0 Å². The third-order valence-electron chi connectivity index (χ3n) is 4.61. The van der Waals surface area contributed by atoms with Crippen molar-refractivity contribution in [2.75, 3.05) is 36.4 Å². The van der Waals surface area contributed by atoms with E-state index in [1.807, 2.05) is 6.92 Å². The number of carbonyl (C=O) groups excluding carboxylic acids is 2. The maximum absolute atomic E-state index is 12.6. The zero-order valence-corrected chi connectivity index (χ0v) is 15.1. The number of carbonyl (C=O) groups is 2. The summed E-state index contributed by atoms with van der Waals surface area (Å²) in [4.78, 5) is 36.9. The largest absolute Gasteiger partial charge is 0.338 e. The second-order valence-electron chi connectivity index (χ2n) is 6.37. The van der Waals surface area contributed by atoms with Crippen molar-refractivity contribution in [2.24, 2.45) is 0 Å². The molecule has 1 N–H and O–H groups in total. The van der Waals surface area contributed by atoms with E-state index < -0.39 is 0 Å². The predicted molar refractivity (Wildman–Crippen MR) is 100 cm³/mol. The van der Waals surface area contributed by atoms with Crippen LogP contribution in [0.15, 0.2) is 42.7 Å². The fourth-order valence-electron chi connectivity index (χ4n) is 2.99. The molecular weight excluding hydrogens is 330 g/mol. The van der Waals surface area contributed by atoms with E-state index in [1.54, 1.807) is 42.7 Å². The molecule has 0 aliphatic carbocycles. The standard InChI is InChI=1S/C19H23N5O2/c1-14(18(26)22-17-6-3-5-16(13-17)15(2)25)23-9-11-24(12-10-23)19-20-7-4-8-21-19/h3-8,13-14H,9-12H2,1-2H3,(H,22,26)/t14-/m1/s1. The van der Waals surface area contributed by atoms with Gasteiger partial charge in [0.25, 0.3) is 0 Å². The normalized spacial score (nSPS) is 16.2. The van der Waals surface area contributed by atoms with Crippen LogP contribution in [0.4, 0.5) is 11.6 Å². The van der Waals surface area contributed by atoms with Crippen LogP contribution in [0.1, 0.15) is 24.2 Å². The highest BCUT2D eigenvalue weighted by Gasteiger charge is 2.26. The summed E-state index contributed by atoms with van der Waals surface area (Å²) in [6.07, 6.45) is 3.47. The van der Waals surface area contributed by atoms with Crippen LogP contribution in [-0.4, -0.2) is 58.8 Å². The average molecular weight is 353 g/mol. The molecule has 136 valence electrons. The minimum absolute atomic E-state index is 0.0200. The van der Waals surface area contributed by atoms with Gasteiger partial charge >= 0.3 is 0 Å². The first-order chi connectivity index (χ1) is 12.5. The Morgan fingerprint density at radius 2 is 1.77 bits per heavy atom. The van der Waals surface area contributed by atoms with Gasteiger partial charge in [-0.2, -0.15) is 0 Å². The Kier molecular flexibility index (Phi) is 5.58. The Bertz CT molecular complexity index is 773. The number of hydrogen-bond donors (Lipinski definition) is 1. The molecule has 7 nitrogen and oxygen atoms in total. The van der Waals surface area contributed by atoms with Crippen LogP contribution in [0.25, 0.3) is 0 Å². The van der Waals surface area contributed by atoms with Gasteiger partial charge in [0.05, 0.1) is 6.04 Å². The van der Waals surface area contributed by atoms with Crippen LogP contribution in [0.5, 0.6) is 0 Å². The molecule has 1 aliphatic heterocycles. The van der Waals surface area contributed by atoms with E-state index >= 15 is 0 Å². The molecule has 1 aliphatic rings. The third kappa shape index (κ3) is 4.23. The zero-order valence-electron chi connectivity index (χ0n) is 15.1. The molecule has 7 heteroatoms. The molecule has 0 bridgehead atoms. The summed E-state index contributed by atoms with van der Waals surface area (Å²) in [7, 11) is 0. The van der Waals surface area contributed by atoms with Crippen molar-refractivity contribution in [3.63, 3.8) is 0 Å². The van der Waals surface area contributed by atoms with Crippen molar-refractivity contribution < 1.29 is 9.59 Å². The second kappa shape index (κ2) is 8.05. The van der Waals surface area contributed by atoms with Crippen molar-refractivity contribution in [1.29, 1.82) is 0 Å². The highest BCUT2D eigenvalue weighted by Crippen LogP contribution is 2.15. The summed E-state index contributed by atoms with van der Waals surface area (Å²) in [6, 6.07) is 8.56. The highest BCUT2D eigenvalue weighted by molar-refractivity contribution is 5.98. The molecule has 1 aromatic heterocycles. The monoisotopic (exact) mass is 353 g/mol. The molecule has 1 amide bonds. The Morgan fingerprint density at radius 3 is 2.42 bits per heavy atom. The van der Waals surface area contributed by atoms with Crippen molar-refractivity contribution in [3.8, 4) is 0 Å². The molecule has 1 aromatic carbocycles. The highest BCUT2D eigenvalue weighted by atomic mass is 16.2. The number of benzene rings is 1. The van der Waals surface area contributed by atoms with Gasteiger partial charge < -0.3 is 10.2 Å². The Morgan fingerprint density at radius 1 is 1.08 bits per heavy atom. The van der Waals surface area contributed by atoms with Crippen molar-refractivity contribution in [2.45, 2.75) is 19.9 Å². The molecule has 1 fully saturated rings. The van der Waals surface area contributed by atoms with Crippen LogP contribution >= 0.6 is 0 Å². The smallest absolute Gasteiger partial charge is 0.241 e. The lowest BCUT2D eigenvalue weighted by Crippen LogP contribution is -2.53. The summed E-state index contributed by atoms with van der Waals surface area (Å²) in [5.74, 6) is 0.633. The molecule has 0 radical (unpaired) electrons. The van der Waals surface area contributed by atoms with E-state index in [4.69, 9.17) is 0 Å². The van der Waals surface area contributed by atoms with Crippen LogP contribution < -0.4 is 10.2 Å². The predicted octanol–water partition coefficient (Wildman–Crippen LogP) is 1.83. The fourth-order valence-corrected chi connectivity index (χ4v) is 2.99. The number of nitrogens with zero attached hydrogens (tertiary/aromatic N) is 4. The van der Waals surface area contributed by atoms with E-state index in [2.05, 4.69) is 25.1 Å². The summed E-state index contributed by atoms with van der Waals surface area (Å²) in [5, 5.41) is 2.91. The molecule has 2 aromatic rings. The number of nitrogens with one attached hydrogen (secondary N) is 1. The maximum Gasteiger partial charge on any atom is 0.241 e. The number of anilines is 2. The zero-order chi connectivity index (χ0) is 18.5. The lowest BCUT2D eigenvalue weighted by atomic mass is 10.1. The summed E-state index contributed by atoms with van der Waals surface area (Å²) in [5.41, 5.74) is 1.23. The van der Waals surface area contributed by atoms with Gasteiger partial charge in [-0.1, -0.05) is 12.1 Å². The van der Waals surface area contributed by atoms with Gasteiger partial charge in [-0.25, -0.2) is 9.97 Å². The van der Waals surface area contributed by atoms with E-state index in [9.17, 15) is 9.59 Å². The Balaban J connectivity index is 1.56. The quantitative estimate of drug-likeness (QED) is 0.826. The van der Waals surface area contributed by atoms with Gasteiger partial charge in [0.1, 0.15) is 0 Å². The van der Waals surface area contributed by atoms with Crippen LogP contribution in [0.3, 0.4) is 0 Å². The molecule has 1 atom stereocenters. The van der Waals surface area contributed by atoms with E-state index in [-0.39, 0.29) is 17.7 Å². The van der Waals surface area contributed by atoms with Gasteiger partial charge in [-0.15, -0.1) is 0 Å². The van der Waals surface area contributed by atoms with Gasteiger partial charge in [0.2, 0.25) is 11.9 Å². The van der Waals surface area contributed by atoms with Gasteiger partial charge in [-0.05, 0) is 32.0 Å². The number of amides is 1. The van der Waals surface area contributed by atoms with E-state index in [0.717, 1.165) is 32.1 Å². The topological polar surface area (TPSA) is 78.4 Å². The first kappa shape index (κ1) is 18.0. The number of ketones is 1. The molecule has 0 spiro atoms. The number of Topliss-reactive ketones (excluding diaryl/α,β-unsaturated/α-hetero) is 1. The molecule has 3 rings (SSSR count). The number of hydrogen-bond acceptors (Lipinski definition) is 6. The SMILES string of the molecule is CC(=O)c1cccc(NC(=O)[C@@H](C)N2CCN(c3ncccn3)CC2)c1. The fraction of sp³-hybridized carbons (Fsp3) is 0.368. The molecule has 2 heterocycles. The second-order valence-corrected chi connectivity index (χ2v) is 6.37. The average Bonchev–Trinajstić information content (AvgIpc) is 2.68. The number of aromatic nitrogens is 2. The molecule has 0 saturated carbocycles. The Hall–Kier alpha value is -2.80. The first-order valence-electron chi connectivity index (χ1n) is 8.72. The van der Waals surface area contributed by atoms with Crippen LogP contribution in [-0.2, 0) is 4.79 Å². The van der Waals surface area contributed by atoms with Crippen molar-refractivity contribution in [3.05, 3.63) is 48.3 Å².